The molecule has 0 spiro atoms. The number of benzene rings is 1. The molecule has 3 aromatic heterocycles. The van der Waals surface area contributed by atoms with Crippen molar-refractivity contribution in [2.24, 2.45) is 11.3 Å². The van der Waals surface area contributed by atoms with Gasteiger partial charge in [-0.05, 0) is 13.3 Å². The van der Waals surface area contributed by atoms with Crippen LogP contribution < -0.4 is 10.1 Å². The van der Waals surface area contributed by atoms with Gasteiger partial charge in [0.1, 0.15) is 23.2 Å². The zero-order chi connectivity index (χ0) is 23.3. The van der Waals surface area contributed by atoms with Crippen LogP contribution in [0.15, 0.2) is 48.9 Å². The van der Waals surface area contributed by atoms with Gasteiger partial charge in [-0.1, -0.05) is 30.3 Å². The van der Waals surface area contributed by atoms with Gasteiger partial charge in [-0.3, -0.25) is 9.48 Å². The van der Waals surface area contributed by atoms with Gasteiger partial charge in [-0.2, -0.15) is 5.10 Å². The predicted octanol–water partition coefficient (Wildman–Crippen LogP) is 3.56. The van der Waals surface area contributed by atoms with Gasteiger partial charge in [0.2, 0.25) is 5.91 Å². The number of aromatic nitrogens is 5. The summed E-state index contributed by atoms with van der Waals surface area (Å²) in [5, 5.41) is 7.76. The summed E-state index contributed by atoms with van der Waals surface area (Å²) in [6, 6.07) is 11.8. The average Bonchev–Trinajstić information content (AvgIpc) is 3.21. The Morgan fingerprint density at radius 2 is 2.12 bits per heavy atom. The Morgan fingerprint density at radius 1 is 1.26 bits per heavy atom. The van der Waals surface area contributed by atoms with Crippen molar-refractivity contribution in [3.05, 3.63) is 48.9 Å². The third-order valence-electron chi connectivity index (χ3n) is 6.78. The van der Waals surface area contributed by atoms with E-state index in [9.17, 15) is 4.79 Å². The number of hydrogen-bond donors (Lipinski definition) is 1. The first-order valence-corrected chi connectivity index (χ1v) is 11.3. The van der Waals surface area contributed by atoms with Crippen molar-refractivity contribution >= 4 is 22.8 Å². The van der Waals surface area contributed by atoms with E-state index in [4.69, 9.17) is 19.6 Å². The minimum atomic E-state index is -0.444. The highest BCUT2D eigenvalue weighted by Crippen LogP contribution is 2.57. The highest BCUT2D eigenvalue weighted by atomic mass is 16.5. The van der Waals surface area contributed by atoms with Crippen LogP contribution in [-0.2, 0) is 16.1 Å². The molecule has 2 fully saturated rings. The van der Waals surface area contributed by atoms with E-state index in [-0.39, 0.29) is 11.8 Å². The van der Waals surface area contributed by atoms with Crippen molar-refractivity contribution in [1.82, 2.24) is 24.7 Å². The number of fused-ring (bicyclic) bond motifs is 2. The standard InChI is InChI=1S/C25H24N6O3/c1-3-31-11-17(20(30-31)15-7-5-4-6-8-15)21-22-18(26-14-27-21)9-19(33-2)23(28-22)29-24(32)25-10-16(25)12-34-13-25/h4-9,11,14,16H,3,10,12-13H2,1-2H3,(H,28,29,32). The maximum absolute atomic E-state index is 13.1. The van der Waals surface area contributed by atoms with Crippen LogP contribution in [0, 0.1) is 11.3 Å². The third kappa shape index (κ3) is 3.23. The molecule has 4 aromatic rings. The lowest BCUT2D eigenvalue weighted by Crippen LogP contribution is -2.27. The van der Waals surface area contributed by atoms with E-state index >= 15 is 0 Å². The number of nitrogens with zero attached hydrogens (tertiary/aromatic N) is 5. The van der Waals surface area contributed by atoms with Gasteiger partial charge in [-0.15, -0.1) is 0 Å². The quantitative estimate of drug-likeness (QED) is 0.473. The zero-order valence-corrected chi connectivity index (χ0v) is 19.0. The first-order valence-electron chi connectivity index (χ1n) is 11.3. The number of amides is 1. The van der Waals surface area contributed by atoms with Gasteiger partial charge in [0.25, 0.3) is 0 Å². The Hall–Kier alpha value is -3.85. The minimum Gasteiger partial charge on any atom is -0.493 e. The second-order valence-corrected chi connectivity index (χ2v) is 8.77. The van der Waals surface area contributed by atoms with E-state index in [0.29, 0.717) is 41.5 Å². The molecule has 0 radical (unpaired) electrons. The molecule has 172 valence electrons. The molecular formula is C25H24N6O3. The molecule has 1 aliphatic carbocycles. The van der Waals surface area contributed by atoms with Crippen molar-refractivity contribution in [2.45, 2.75) is 19.9 Å². The first kappa shape index (κ1) is 20.7. The van der Waals surface area contributed by atoms with Crippen molar-refractivity contribution in [2.75, 3.05) is 25.6 Å². The summed E-state index contributed by atoms with van der Waals surface area (Å²) in [4.78, 5) is 26.9. The van der Waals surface area contributed by atoms with Gasteiger partial charge >= 0.3 is 0 Å². The van der Waals surface area contributed by atoms with Crippen LogP contribution in [0.4, 0.5) is 5.82 Å². The molecule has 1 aromatic carbocycles. The number of ether oxygens (including phenoxy) is 2. The van der Waals surface area contributed by atoms with E-state index in [1.165, 1.54) is 6.33 Å². The summed E-state index contributed by atoms with van der Waals surface area (Å²) in [5.41, 5.74) is 4.04. The molecule has 0 bridgehead atoms. The summed E-state index contributed by atoms with van der Waals surface area (Å²) in [6.45, 7) is 3.84. The lowest BCUT2D eigenvalue weighted by Gasteiger charge is -2.15. The summed E-state index contributed by atoms with van der Waals surface area (Å²) < 4.78 is 12.9. The number of carbonyl (C=O) groups is 1. The van der Waals surface area contributed by atoms with Gasteiger partial charge < -0.3 is 14.8 Å². The zero-order valence-electron chi connectivity index (χ0n) is 19.0. The number of nitrogens with one attached hydrogen (secondary N) is 1. The topological polar surface area (TPSA) is 104 Å². The Morgan fingerprint density at radius 3 is 2.82 bits per heavy atom. The molecule has 1 aliphatic heterocycles. The molecule has 4 heterocycles. The Labute approximate surface area is 196 Å². The van der Waals surface area contributed by atoms with Crippen molar-refractivity contribution < 1.29 is 14.3 Å². The van der Waals surface area contributed by atoms with Crippen LogP contribution in [0.1, 0.15) is 13.3 Å². The molecule has 9 nitrogen and oxygen atoms in total. The molecule has 2 aliphatic rings. The maximum atomic E-state index is 13.1. The molecule has 2 unspecified atom stereocenters. The number of carbonyl (C=O) groups excluding carboxylic acids is 1. The van der Waals surface area contributed by atoms with E-state index in [1.54, 1.807) is 13.2 Å². The fraction of sp³-hybridized carbons (Fsp3) is 0.320. The van der Waals surface area contributed by atoms with E-state index < -0.39 is 5.41 Å². The minimum absolute atomic E-state index is 0.0812. The molecule has 1 N–H and O–H groups in total. The molecule has 1 amide bonds. The van der Waals surface area contributed by atoms with Gasteiger partial charge in [0.15, 0.2) is 11.6 Å². The number of rotatable bonds is 6. The first-order chi connectivity index (χ1) is 16.6. The Balaban J connectivity index is 1.47. The summed E-state index contributed by atoms with van der Waals surface area (Å²) in [7, 11) is 1.55. The smallest absolute Gasteiger partial charge is 0.234 e. The Kier molecular flexibility index (Phi) is 4.80. The van der Waals surface area contributed by atoms with Crippen molar-refractivity contribution in [3.8, 4) is 28.3 Å². The molecule has 34 heavy (non-hydrogen) atoms. The molecule has 1 saturated heterocycles. The van der Waals surface area contributed by atoms with Gasteiger partial charge in [0.05, 0.1) is 31.3 Å². The van der Waals surface area contributed by atoms with Crippen LogP contribution in [0.5, 0.6) is 5.75 Å². The van der Waals surface area contributed by atoms with Gasteiger partial charge in [0, 0.05) is 35.9 Å². The number of anilines is 1. The average molecular weight is 457 g/mol. The normalized spacial score (nSPS) is 20.8. The third-order valence-corrected chi connectivity index (χ3v) is 6.78. The molecule has 1 saturated carbocycles. The largest absolute Gasteiger partial charge is 0.493 e. The maximum Gasteiger partial charge on any atom is 0.234 e. The van der Waals surface area contributed by atoms with E-state index in [1.807, 2.05) is 48.1 Å². The highest BCUT2D eigenvalue weighted by molar-refractivity contribution is 6.01. The summed E-state index contributed by atoms with van der Waals surface area (Å²) in [5.74, 6) is 1.01. The van der Waals surface area contributed by atoms with E-state index in [0.717, 1.165) is 29.8 Å². The lowest BCUT2D eigenvalue weighted by molar-refractivity contribution is -0.121. The fourth-order valence-corrected chi connectivity index (χ4v) is 4.71. The number of pyridine rings is 1. The van der Waals surface area contributed by atoms with Crippen molar-refractivity contribution in [1.29, 1.82) is 0 Å². The van der Waals surface area contributed by atoms with E-state index in [2.05, 4.69) is 15.3 Å². The van der Waals surface area contributed by atoms with Crippen molar-refractivity contribution in [3.63, 3.8) is 0 Å². The molecule has 9 heteroatoms. The summed E-state index contributed by atoms with van der Waals surface area (Å²) >= 11 is 0. The number of aryl methyl sites for hydroxylation is 1. The van der Waals surface area contributed by atoms with Crippen LogP contribution in [0.3, 0.4) is 0 Å². The van der Waals surface area contributed by atoms with Crippen LogP contribution >= 0.6 is 0 Å². The van der Waals surface area contributed by atoms with Crippen LogP contribution in [0.25, 0.3) is 33.5 Å². The Bertz CT molecular complexity index is 1400. The molecule has 6 rings (SSSR count). The fourth-order valence-electron chi connectivity index (χ4n) is 4.71. The second-order valence-electron chi connectivity index (χ2n) is 8.77. The van der Waals surface area contributed by atoms with Crippen LogP contribution in [0.2, 0.25) is 0 Å². The molecule has 2 atom stereocenters. The van der Waals surface area contributed by atoms with Gasteiger partial charge in [-0.25, -0.2) is 15.0 Å². The SMILES string of the molecule is CCn1cc(-c2ncnc3cc(OC)c(NC(=O)C45COCC4C5)nc23)c(-c2ccccc2)n1. The highest BCUT2D eigenvalue weighted by Gasteiger charge is 2.63. The molecular weight excluding hydrogens is 432 g/mol. The number of methoxy groups -OCH3 is 1. The summed E-state index contributed by atoms with van der Waals surface area (Å²) in [6.07, 6.45) is 4.33. The second kappa shape index (κ2) is 7.88. The monoisotopic (exact) mass is 456 g/mol. The predicted molar refractivity (Wildman–Crippen MR) is 126 cm³/mol. The number of hydrogen-bond acceptors (Lipinski definition) is 7. The van der Waals surface area contributed by atoms with Crippen LogP contribution in [-0.4, -0.2) is 51.0 Å². The lowest BCUT2D eigenvalue weighted by atomic mass is 10.0.